The third-order valence-corrected chi connectivity index (χ3v) is 9.57. The van der Waals surface area contributed by atoms with Gasteiger partial charge >= 0.3 is 11.9 Å². The number of carbonyl (C=O) groups is 2. The van der Waals surface area contributed by atoms with E-state index >= 15 is 0 Å². The van der Waals surface area contributed by atoms with E-state index in [1.165, 1.54) is 109 Å². The first-order valence-corrected chi connectivity index (χ1v) is 19.8. The van der Waals surface area contributed by atoms with E-state index in [1.54, 1.807) is 36.4 Å². The van der Waals surface area contributed by atoms with Crippen LogP contribution in [0.4, 0.5) is 0 Å². The molecular formula is C45H64O5. The molecule has 0 aliphatic rings. The molecule has 3 aromatic rings. The van der Waals surface area contributed by atoms with Gasteiger partial charge in [0.15, 0.2) is 0 Å². The number of rotatable bonds is 27. The Kier molecular flexibility index (Phi) is 20.7. The average molecular weight is 685 g/mol. The first-order chi connectivity index (χ1) is 24.5. The van der Waals surface area contributed by atoms with Crippen LogP contribution in [-0.4, -0.2) is 25.2 Å². The molecule has 0 saturated heterocycles. The van der Waals surface area contributed by atoms with Crippen LogP contribution in [0.2, 0.25) is 0 Å². The quantitative estimate of drug-likeness (QED) is 0.0454. The standard InChI is InChI=1S/C45H64O5/c1-4-6-7-8-9-10-11-12-13-14-15-16-17-18-19-20-21-22-35-48-42-31-27-39(28-32-42)38-23-25-41(26-24-38)45(47)50-43-33-29-40(30-34-43)44(46)49-36-37(3)5-2/h23-34,37H,4-22,35-36H2,1-3H3. The van der Waals surface area contributed by atoms with Gasteiger partial charge in [0.05, 0.1) is 24.3 Å². The maximum atomic E-state index is 12.7. The normalized spacial score (nSPS) is 11.7. The lowest BCUT2D eigenvalue weighted by Gasteiger charge is -2.10. The van der Waals surface area contributed by atoms with Crippen molar-refractivity contribution in [3.8, 4) is 22.6 Å². The third kappa shape index (κ3) is 16.9. The minimum Gasteiger partial charge on any atom is -0.494 e. The monoisotopic (exact) mass is 684 g/mol. The SMILES string of the molecule is CCCCCCCCCCCCCCCCCCCCOc1ccc(-c2ccc(C(=O)Oc3ccc(C(=O)OCC(C)CC)cc3)cc2)cc1. The van der Waals surface area contributed by atoms with E-state index in [4.69, 9.17) is 14.2 Å². The molecule has 0 heterocycles. The van der Waals surface area contributed by atoms with Gasteiger partial charge in [-0.3, -0.25) is 0 Å². The highest BCUT2D eigenvalue weighted by atomic mass is 16.5. The summed E-state index contributed by atoms with van der Waals surface area (Å²) in [4.78, 5) is 24.9. The van der Waals surface area contributed by atoms with Crippen molar-refractivity contribution in [2.24, 2.45) is 5.92 Å². The van der Waals surface area contributed by atoms with E-state index in [0.717, 1.165) is 36.3 Å². The van der Waals surface area contributed by atoms with Gasteiger partial charge in [0.25, 0.3) is 0 Å². The molecule has 0 spiro atoms. The Labute approximate surface area is 303 Å². The summed E-state index contributed by atoms with van der Waals surface area (Å²) in [6, 6.07) is 21.9. The van der Waals surface area contributed by atoms with Gasteiger partial charge < -0.3 is 14.2 Å². The van der Waals surface area contributed by atoms with Crippen molar-refractivity contribution >= 4 is 11.9 Å². The molecule has 0 aliphatic heterocycles. The largest absolute Gasteiger partial charge is 0.494 e. The van der Waals surface area contributed by atoms with E-state index in [9.17, 15) is 9.59 Å². The summed E-state index contributed by atoms with van der Waals surface area (Å²) in [7, 11) is 0. The second kappa shape index (κ2) is 25.4. The Morgan fingerprint density at radius 2 is 0.900 bits per heavy atom. The molecule has 0 saturated carbocycles. The highest BCUT2D eigenvalue weighted by Crippen LogP contribution is 2.24. The van der Waals surface area contributed by atoms with Gasteiger partial charge in [0.2, 0.25) is 0 Å². The van der Waals surface area contributed by atoms with Crippen LogP contribution in [0.25, 0.3) is 11.1 Å². The number of benzene rings is 3. The second-order valence-electron chi connectivity index (χ2n) is 14.0. The van der Waals surface area contributed by atoms with Crippen molar-refractivity contribution in [2.75, 3.05) is 13.2 Å². The molecular weight excluding hydrogens is 620 g/mol. The number of ether oxygens (including phenoxy) is 3. The van der Waals surface area contributed by atoms with E-state index < -0.39 is 5.97 Å². The summed E-state index contributed by atoms with van der Waals surface area (Å²) in [6.45, 7) is 7.53. The first-order valence-electron chi connectivity index (χ1n) is 19.8. The fraction of sp³-hybridized carbons (Fsp3) is 0.556. The Bertz CT molecular complexity index is 1310. The van der Waals surface area contributed by atoms with E-state index in [1.807, 2.05) is 43.3 Å². The molecule has 274 valence electrons. The smallest absolute Gasteiger partial charge is 0.343 e. The van der Waals surface area contributed by atoms with Crippen LogP contribution in [0.3, 0.4) is 0 Å². The molecule has 0 aromatic heterocycles. The lowest BCUT2D eigenvalue weighted by Crippen LogP contribution is -2.12. The Morgan fingerprint density at radius 3 is 1.38 bits per heavy atom. The van der Waals surface area contributed by atoms with Crippen molar-refractivity contribution in [3.63, 3.8) is 0 Å². The van der Waals surface area contributed by atoms with Crippen LogP contribution in [0.1, 0.15) is 163 Å². The highest BCUT2D eigenvalue weighted by molar-refractivity contribution is 5.92. The van der Waals surface area contributed by atoms with Crippen LogP contribution in [0.5, 0.6) is 11.5 Å². The fourth-order valence-electron chi connectivity index (χ4n) is 5.98. The third-order valence-electron chi connectivity index (χ3n) is 9.57. The predicted octanol–water partition coefficient (Wildman–Crippen LogP) is 13.2. The molecule has 3 aromatic carbocycles. The van der Waals surface area contributed by atoms with E-state index in [2.05, 4.69) is 13.8 Å². The maximum absolute atomic E-state index is 12.7. The number of unbranched alkanes of at least 4 members (excludes halogenated alkanes) is 17. The van der Waals surface area contributed by atoms with Gasteiger partial charge in [0, 0.05) is 0 Å². The van der Waals surface area contributed by atoms with Gasteiger partial charge in [-0.2, -0.15) is 0 Å². The fourth-order valence-corrected chi connectivity index (χ4v) is 5.98. The summed E-state index contributed by atoms with van der Waals surface area (Å²) < 4.78 is 16.8. The number of esters is 2. The molecule has 0 bridgehead atoms. The van der Waals surface area contributed by atoms with Crippen molar-refractivity contribution in [2.45, 2.75) is 143 Å². The molecule has 5 nitrogen and oxygen atoms in total. The van der Waals surface area contributed by atoms with E-state index in [0.29, 0.717) is 29.4 Å². The van der Waals surface area contributed by atoms with Gasteiger partial charge in [0.1, 0.15) is 11.5 Å². The zero-order chi connectivity index (χ0) is 35.7. The minimum absolute atomic E-state index is 0.317. The Balaban J connectivity index is 1.22. The topological polar surface area (TPSA) is 61.8 Å². The zero-order valence-electron chi connectivity index (χ0n) is 31.4. The van der Waals surface area contributed by atoms with Gasteiger partial charge in [-0.25, -0.2) is 9.59 Å². The zero-order valence-corrected chi connectivity index (χ0v) is 31.4. The summed E-state index contributed by atoms with van der Waals surface area (Å²) in [5, 5.41) is 0. The second-order valence-corrected chi connectivity index (χ2v) is 14.0. The molecule has 0 radical (unpaired) electrons. The summed E-state index contributed by atoms with van der Waals surface area (Å²) >= 11 is 0. The molecule has 0 aliphatic carbocycles. The van der Waals surface area contributed by atoms with Crippen molar-refractivity contribution < 1.29 is 23.8 Å². The van der Waals surface area contributed by atoms with E-state index in [-0.39, 0.29) is 5.97 Å². The lowest BCUT2D eigenvalue weighted by atomic mass is 10.0. The Hall–Kier alpha value is -3.60. The molecule has 1 atom stereocenters. The highest BCUT2D eigenvalue weighted by Gasteiger charge is 2.12. The minimum atomic E-state index is -0.452. The van der Waals surface area contributed by atoms with Crippen molar-refractivity contribution in [1.82, 2.24) is 0 Å². The number of hydrogen-bond acceptors (Lipinski definition) is 5. The summed E-state index contributed by atoms with van der Waals surface area (Å²) in [5.74, 6) is 0.747. The van der Waals surface area contributed by atoms with Crippen molar-refractivity contribution in [1.29, 1.82) is 0 Å². The van der Waals surface area contributed by atoms with Crippen LogP contribution in [-0.2, 0) is 4.74 Å². The number of hydrogen-bond donors (Lipinski definition) is 0. The molecule has 0 amide bonds. The molecule has 5 heteroatoms. The number of carbonyl (C=O) groups excluding carboxylic acids is 2. The van der Waals surface area contributed by atoms with Gasteiger partial charge in [-0.15, -0.1) is 0 Å². The molecule has 50 heavy (non-hydrogen) atoms. The van der Waals surface area contributed by atoms with Crippen LogP contribution >= 0.6 is 0 Å². The lowest BCUT2D eigenvalue weighted by molar-refractivity contribution is 0.0447. The average Bonchev–Trinajstić information content (AvgIpc) is 3.15. The van der Waals surface area contributed by atoms with Gasteiger partial charge in [-0.05, 0) is 72.0 Å². The molecule has 0 fully saturated rings. The first kappa shape index (κ1) is 40.8. The van der Waals surface area contributed by atoms with Crippen molar-refractivity contribution in [3.05, 3.63) is 83.9 Å². The summed E-state index contributed by atoms with van der Waals surface area (Å²) in [5.41, 5.74) is 2.95. The Morgan fingerprint density at radius 1 is 0.500 bits per heavy atom. The van der Waals surface area contributed by atoms with Gasteiger partial charge in [-0.1, -0.05) is 161 Å². The molecule has 0 N–H and O–H groups in total. The van der Waals surface area contributed by atoms with Crippen LogP contribution in [0, 0.1) is 5.92 Å². The molecule has 3 rings (SSSR count). The maximum Gasteiger partial charge on any atom is 0.343 e. The predicted molar refractivity (Wildman–Crippen MR) is 207 cm³/mol. The summed E-state index contributed by atoms with van der Waals surface area (Å²) in [6.07, 6.45) is 25.7. The van der Waals surface area contributed by atoms with Crippen LogP contribution in [0.15, 0.2) is 72.8 Å². The van der Waals surface area contributed by atoms with Crippen LogP contribution < -0.4 is 9.47 Å². The molecule has 1 unspecified atom stereocenters.